The quantitative estimate of drug-likeness (QED) is 0.806. The van der Waals surface area contributed by atoms with Gasteiger partial charge >= 0.3 is 0 Å². The standard InChI is InChI=1S/C16H26N2O2/c1-5-18(6-2)11-10-17-16(20)14-9-7-8-13(12(3)4)15(14)19/h7-9,12,19H,5-6,10-11H2,1-4H3,(H,17,20). The number of rotatable bonds is 7. The van der Waals surface area contributed by atoms with Crippen molar-refractivity contribution >= 4 is 5.91 Å². The molecule has 4 heteroatoms. The number of likely N-dealkylation sites (N-methyl/N-ethyl adjacent to an activating group) is 1. The number of phenolic OH excluding ortho intramolecular Hbond substituents is 1. The minimum atomic E-state index is -0.211. The summed E-state index contributed by atoms with van der Waals surface area (Å²) in [7, 11) is 0. The molecule has 0 saturated heterocycles. The van der Waals surface area contributed by atoms with Crippen LogP contribution in [-0.2, 0) is 0 Å². The summed E-state index contributed by atoms with van der Waals surface area (Å²) >= 11 is 0. The van der Waals surface area contributed by atoms with Crippen LogP contribution in [0, 0.1) is 0 Å². The Bertz CT molecular complexity index is 440. The number of hydrogen-bond acceptors (Lipinski definition) is 3. The molecule has 0 aliphatic rings. The second-order valence-corrected chi connectivity index (χ2v) is 5.18. The molecule has 0 aromatic heterocycles. The third-order valence-electron chi connectivity index (χ3n) is 3.54. The number of carbonyl (C=O) groups is 1. The van der Waals surface area contributed by atoms with E-state index in [1.54, 1.807) is 6.07 Å². The zero-order valence-corrected chi connectivity index (χ0v) is 12.9. The summed E-state index contributed by atoms with van der Waals surface area (Å²) in [5, 5.41) is 13.0. The maximum atomic E-state index is 12.1. The normalized spacial score (nSPS) is 11.1. The highest BCUT2D eigenvalue weighted by Gasteiger charge is 2.15. The molecule has 0 spiro atoms. The van der Waals surface area contributed by atoms with Gasteiger partial charge in [0.05, 0.1) is 5.56 Å². The van der Waals surface area contributed by atoms with Gasteiger partial charge in [0.15, 0.2) is 0 Å². The van der Waals surface area contributed by atoms with Gasteiger partial charge in [0.1, 0.15) is 5.75 Å². The van der Waals surface area contributed by atoms with Crippen molar-refractivity contribution in [3.05, 3.63) is 29.3 Å². The van der Waals surface area contributed by atoms with Gasteiger partial charge in [-0.15, -0.1) is 0 Å². The summed E-state index contributed by atoms with van der Waals surface area (Å²) in [6.45, 7) is 11.6. The lowest BCUT2D eigenvalue weighted by Gasteiger charge is -2.18. The number of phenols is 1. The van der Waals surface area contributed by atoms with E-state index in [1.165, 1.54) is 0 Å². The molecule has 1 aromatic rings. The minimum absolute atomic E-state index is 0.0999. The number of carbonyl (C=O) groups excluding carboxylic acids is 1. The van der Waals surface area contributed by atoms with Crippen molar-refractivity contribution in [2.24, 2.45) is 0 Å². The first-order valence-corrected chi connectivity index (χ1v) is 7.33. The van der Waals surface area contributed by atoms with Crippen molar-refractivity contribution in [1.29, 1.82) is 0 Å². The number of para-hydroxylation sites is 1. The first kappa shape index (κ1) is 16.5. The zero-order valence-electron chi connectivity index (χ0n) is 12.9. The highest BCUT2D eigenvalue weighted by atomic mass is 16.3. The van der Waals surface area contributed by atoms with Crippen LogP contribution in [-0.4, -0.2) is 42.1 Å². The molecule has 0 aliphatic carbocycles. The van der Waals surface area contributed by atoms with Crippen molar-refractivity contribution in [3.63, 3.8) is 0 Å². The molecule has 2 N–H and O–H groups in total. The third-order valence-corrected chi connectivity index (χ3v) is 3.54. The monoisotopic (exact) mass is 278 g/mol. The summed E-state index contributed by atoms with van der Waals surface area (Å²) in [4.78, 5) is 14.3. The van der Waals surface area contributed by atoms with Crippen LogP contribution >= 0.6 is 0 Å². The van der Waals surface area contributed by atoms with Gasteiger partial charge in [-0.25, -0.2) is 0 Å². The van der Waals surface area contributed by atoms with Gasteiger partial charge in [-0.3, -0.25) is 4.79 Å². The second kappa shape index (κ2) is 7.90. The fourth-order valence-electron chi connectivity index (χ4n) is 2.17. The summed E-state index contributed by atoms with van der Waals surface area (Å²) in [6, 6.07) is 5.33. The molecule has 0 saturated carbocycles. The maximum Gasteiger partial charge on any atom is 0.255 e. The van der Waals surface area contributed by atoms with Crippen LogP contribution in [0.5, 0.6) is 5.75 Å². The molecule has 4 nitrogen and oxygen atoms in total. The Morgan fingerprint density at radius 2 is 1.95 bits per heavy atom. The number of benzene rings is 1. The van der Waals surface area contributed by atoms with Crippen LogP contribution in [0.25, 0.3) is 0 Å². The van der Waals surface area contributed by atoms with Gasteiger partial charge in [-0.05, 0) is 30.6 Å². The Labute approximate surface area is 121 Å². The van der Waals surface area contributed by atoms with Gasteiger partial charge in [-0.1, -0.05) is 39.8 Å². The Balaban J connectivity index is 2.66. The summed E-state index contributed by atoms with van der Waals surface area (Å²) < 4.78 is 0. The number of hydrogen-bond donors (Lipinski definition) is 2. The van der Waals surface area contributed by atoms with Gasteiger partial charge < -0.3 is 15.3 Å². The van der Waals surface area contributed by atoms with E-state index >= 15 is 0 Å². The lowest BCUT2D eigenvalue weighted by atomic mass is 9.99. The van der Waals surface area contributed by atoms with Crippen LogP contribution in [0.1, 0.15) is 49.5 Å². The van der Waals surface area contributed by atoms with E-state index in [2.05, 4.69) is 24.1 Å². The maximum absolute atomic E-state index is 12.1. The zero-order chi connectivity index (χ0) is 15.1. The fraction of sp³-hybridized carbons (Fsp3) is 0.562. The van der Waals surface area contributed by atoms with E-state index in [0.717, 1.165) is 25.2 Å². The minimum Gasteiger partial charge on any atom is -0.507 e. The van der Waals surface area contributed by atoms with Gasteiger partial charge in [-0.2, -0.15) is 0 Å². The van der Waals surface area contributed by atoms with Crippen molar-refractivity contribution in [3.8, 4) is 5.75 Å². The van der Waals surface area contributed by atoms with Crippen LogP contribution in [0.15, 0.2) is 18.2 Å². The second-order valence-electron chi connectivity index (χ2n) is 5.18. The van der Waals surface area contributed by atoms with Crippen LogP contribution in [0.3, 0.4) is 0 Å². The number of aromatic hydroxyl groups is 1. The smallest absolute Gasteiger partial charge is 0.255 e. The number of nitrogens with one attached hydrogen (secondary N) is 1. The van der Waals surface area contributed by atoms with E-state index in [4.69, 9.17) is 0 Å². The molecule has 0 atom stereocenters. The van der Waals surface area contributed by atoms with E-state index in [1.807, 2.05) is 26.0 Å². The lowest BCUT2D eigenvalue weighted by molar-refractivity contribution is 0.0946. The SMILES string of the molecule is CCN(CC)CCNC(=O)c1cccc(C(C)C)c1O. The molecule has 1 amide bonds. The molecule has 0 bridgehead atoms. The Hall–Kier alpha value is -1.55. The van der Waals surface area contributed by atoms with E-state index in [-0.39, 0.29) is 17.6 Å². The van der Waals surface area contributed by atoms with Crippen molar-refractivity contribution in [2.45, 2.75) is 33.6 Å². The topological polar surface area (TPSA) is 52.6 Å². The molecule has 0 fully saturated rings. The molecule has 0 radical (unpaired) electrons. The Morgan fingerprint density at radius 3 is 2.50 bits per heavy atom. The van der Waals surface area contributed by atoms with Crippen LogP contribution in [0.4, 0.5) is 0 Å². The molecular formula is C16H26N2O2. The predicted octanol–water partition coefficient (Wildman–Crippen LogP) is 2.59. The highest BCUT2D eigenvalue weighted by Crippen LogP contribution is 2.28. The van der Waals surface area contributed by atoms with Gasteiger partial charge in [0, 0.05) is 13.1 Å². The van der Waals surface area contributed by atoms with E-state index in [0.29, 0.717) is 12.1 Å². The van der Waals surface area contributed by atoms with Gasteiger partial charge in [0.25, 0.3) is 5.91 Å². The average molecular weight is 278 g/mol. The first-order valence-electron chi connectivity index (χ1n) is 7.33. The average Bonchev–Trinajstić information content (AvgIpc) is 2.43. The molecule has 112 valence electrons. The summed E-state index contributed by atoms with van der Waals surface area (Å²) in [6.07, 6.45) is 0. The molecule has 1 aromatic carbocycles. The molecule has 0 aliphatic heterocycles. The van der Waals surface area contributed by atoms with Crippen molar-refractivity contribution < 1.29 is 9.90 Å². The molecule has 0 unspecified atom stereocenters. The van der Waals surface area contributed by atoms with E-state index < -0.39 is 0 Å². The lowest BCUT2D eigenvalue weighted by Crippen LogP contribution is -2.34. The molecule has 20 heavy (non-hydrogen) atoms. The van der Waals surface area contributed by atoms with Crippen molar-refractivity contribution in [2.75, 3.05) is 26.2 Å². The van der Waals surface area contributed by atoms with Crippen LogP contribution in [0.2, 0.25) is 0 Å². The summed E-state index contributed by atoms with van der Waals surface area (Å²) in [5.41, 5.74) is 1.16. The first-order chi connectivity index (χ1) is 9.51. The van der Waals surface area contributed by atoms with Crippen molar-refractivity contribution in [1.82, 2.24) is 10.2 Å². The van der Waals surface area contributed by atoms with Gasteiger partial charge in [0.2, 0.25) is 0 Å². The van der Waals surface area contributed by atoms with E-state index in [9.17, 15) is 9.90 Å². The number of nitrogens with zero attached hydrogens (tertiary/aromatic N) is 1. The molecule has 1 rings (SSSR count). The highest BCUT2D eigenvalue weighted by molar-refractivity contribution is 5.97. The Morgan fingerprint density at radius 1 is 1.30 bits per heavy atom. The number of amides is 1. The molecular weight excluding hydrogens is 252 g/mol. The Kier molecular flexibility index (Phi) is 6.52. The fourth-order valence-corrected chi connectivity index (χ4v) is 2.17. The molecule has 0 heterocycles. The van der Waals surface area contributed by atoms with Crippen LogP contribution < -0.4 is 5.32 Å². The summed E-state index contributed by atoms with van der Waals surface area (Å²) in [5.74, 6) is 0.0819. The third kappa shape index (κ3) is 4.23. The predicted molar refractivity (Wildman–Crippen MR) is 82.3 cm³/mol. The largest absolute Gasteiger partial charge is 0.507 e.